The van der Waals surface area contributed by atoms with Crippen LogP contribution in [0.1, 0.15) is 26.6 Å². The van der Waals surface area contributed by atoms with Crippen molar-refractivity contribution < 1.29 is 9.53 Å². The van der Waals surface area contributed by atoms with Gasteiger partial charge in [0.1, 0.15) is 6.54 Å². The monoisotopic (exact) mass is 296 g/mol. The minimum Gasteiger partial charge on any atom is -0.380 e. The summed E-state index contributed by atoms with van der Waals surface area (Å²) in [4.78, 5) is 14.1. The van der Waals surface area contributed by atoms with Crippen LogP contribution in [0.3, 0.4) is 0 Å². The standard InChI is InChI=1S/C13H24N6O2/c1-10(2)18(4)5-11-15-16-17-19(11)6-12(20)14-7-13(3)8-21-9-13/h10H,5-9H2,1-4H3,(H,14,20). The quantitative estimate of drug-likeness (QED) is 0.741. The minimum absolute atomic E-state index is 0.0664. The number of amides is 1. The molecular formula is C13H24N6O2. The first-order chi connectivity index (χ1) is 9.89. The molecule has 0 bridgehead atoms. The molecule has 1 fully saturated rings. The molecule has 2 rings (SSSR count). The van der Waals surface area contributed by atoms with Gasteiger partial charge in [-0.15, -0.1) is 5.10 Å². The molecular weight excluding hydrogens is 272 g/mol. The Kier molecular flexibility index (Phi) is 4.89. The molecule has 21 heavy (non-hydrogen) atoms. The Morgan fingerprint density at radius 1 is 1.52 bits per heavy atom. The van der Waals surface area contributed by atoms with Gasteiger partial charge in [0.05, 0.1) is 19.8 Å². The zero-order valence-corrected chi connectivity index (χ0v) is 13.2. The van der Waals surface area contributed by atoms with Crippen LogP contribution >= 0.6 is 0 Å². The summed E-state index contributed by atoms with van der Waals surface area (Å²) in [7, 11) is 2.00. The highest BCUT2D eigenvalue weighted by Crippen LogP contribution is 2.24. The van der Waals surface area contributed by atoms with E-state index in [9.17, 15) is 4.79 Å². The second kappa shape index (κ2) is 6.48. The van der Waals surface area contributed by atoms with E-state index in [1.54, 1.807) is 4.68 Å². The topological polar surface area (TPSA) is 85.2 Å². The van der Waals surface area contributed by atoms with Crippen molar-refractivity contribution in [3.8, 4) is 0 Å². The zero-order valence-electron chi connectivity index (χ0n) is 13.2. The summed E-state index contributed by atoms with van der Waals surface area (Å²) in [5, 5.41) is 14.5. The number of nitrogens with one attached hydrogen (secondary N) is 1. The number of carbonyl (C=O) groups excluding carboxylic acids is 1. The smallest absolute Gasteiger partial charge is 0.241 e. The van der Waals surface area contributed by atoms with Gasteiger partial charge in [-0.05, 0) is 31.3 Å². The van der Waals surface area contributed by atoms with Gasteiger partial charge in [-0.3, -0.25) is 9.69 Å². The fourth-order valence-electron chi connectivity index (χ4n) is 1.92. The average molecular weight is 296 g/mol. The van der Waals surface area contributed by atoms with Crippen LogP contribution in [0, 0.1) is 5.41 Å². The van der Waals surface area contributed by atoms with E-state index in [-0.39, 0.29) is 17.9 Å². The summed E-state index contributed by atoms with van der Waals surface area (Å²) in [5.74, 6) is 0.614. The first-order valence-corrected chi connectivity index (χ1v) is 7.19. The number of ether oxygens (including phenoxy) is 1. The molecule has 1 aliphatic rings. The number of nitrogens with zero attached hydrogens (tertiary/aromatic N) is 5. The molecule has 1 amide bonds. The Balaban J connectivity index is 1.84. The van der Waals surface area contributed by atoms with Gasteiger partial charge in [-0.2, -0.15) is 0 Å². The minimum atomic E-state index is -0.0797. The van der Waals surface area contributed by atoms with E-state index in [0.717, 1.165) is 0 Å². The van der Waals surface area contributed by atoms with E-state index >= 15 is 0 Å². The molecule has 1 aromatic heterocycles. The van der Waals surface area contributed by atoms with Gasteiger partial charge < -0.3 is 10.1 Å². The Labute approximate surface area is 124 Å². The van der Waals surface area contributed by atoms with Crippen molar-refractivity contribution in [2.75, 3.05) is 26.8 Å². The van der Waals surface area contributed by atoms with Gasteiger partial charge in [0.15, 0.2) is 5.82 Å². The zero-order chi connectivity index (χ0) is 15.5. The van der Waals surface area contributed by atoms with Crippen LogP contribution in [0.4, 0.5) is 0 Å². The fraction of sp³-hybridized carbons (Fsp3) is 0.846. The highest BCUT2D eigenvalue weighted by molar-refractivity contribution is 5.75. The summed E-state index contributed by atoms with van der Waals surface area (Å²) >= 11 is 0. The van der Waals surface area contributed by atoms with Crippen molar-refractivity contribution in [2.24, 2.45) is 5.41 Å². The molecule has 0 radical (unpaired) electrons. The highest BCUT2D eigenvalue weighted by Gasteiger charge is 2.33. The maximum atomic E-state index is 12.0. The van der Waals surface area contributed by atoms with Gasteiger partial charge in [0.2, 0.25) is 5.91 Å². The molecule has 1 aliphatic heterocycles. The Hall–Kier alpha value is -1.54. The normalized spacial score (nSPS) is 17.0. The lowest BCUT2D eigenvalue weighted by Crippen LogP contribution is -2.49. The number of hydrogen-bond donors (Lipinski definition) is 1. The van der Waals surface area contributed by atoms with E-state index in [2.05, 4.69) is 46.5 Å². The summed E-state index contributed by atoms with van der Waals surface area (Å²) in [6.07, 6.45) is 0. The number of carbonyl (C=O) groups is 1. The van der Waals surface area contributed by atoms with Gasteiger partial charge in [0.25, 0.3) is 0 Å². The predicted octanol–water partition coefficient (Wildman–Crippen LogP) is -0.334. The van der Waals surface area contributed by atoms with E-state index in [4.69, 9.17) is 4.74 Å². The largest absolute Gasteiger partial charge is 0.380 e. The van der Waals surface area contributed by atoms with Crippen LogP contribution in [0.15, 0.2) is 0 Å². The molecule has 0 aliphatic carbocycles. The van der Waals surface area contributed by atoms with Crippen LogP contribution in [0.25, 0.3) is 0 Å². The molecule has 118 valence electrons. The molecule has 1 saturated heterocycles. The van der Waals surface area contributed by atoms with Crippen LogP contribution in [-0.2, 0) is 22.6 Å². The van der Waals surface area contributed by atoms with Gasteiger partial charge >= 0.3 is 0 Å². The van der Waals surface area contributed by atoms with Crippen LogP contribution in [0.5, 0.6) is 0 Å². The molecule has 0 atom stereocenters. The maximum Gasteiger partial charge on any atom is 0.241 e. The van der Waals surface area contributed by atoms with Crippen molar-refractivity contribution in [3.05, 3.63) is 5.82 Å². The predicted molar refractivity (Wildman–Crippen MR) is 76.4 cm³/mol. The summed E-state index contributed by atoms with van der Waals surface area (Å²) in [6.45, 7) is 9.07. The number of rotatable bonds is 7. The van der Waals surface area contributed by atoms with Crippen molar-refractivity contribution in [3.63, 3.8) is 0 Å². The lowest BCUT2D eigenvalue weighted by atomic mass is 9.89. The van der Waals surface area contributed by atoms with Gasteiger partial charge in [-0.1, -0.05) is 6.92 Å². The van der Waals surface area contributed by atoms with E-state index in [1.165, 1.54) is 0 Å². The Bertz CT molecular complexity index is 483. The second-order valence-corrected chi connectivity index (χ2v) is 6.34. The van der Waals surface area contributed by atoms with Gasteiger partial charge in [-0.25, -0.2) is 4.68 Å². The van der Waals surface area contributed by atoms with Crippen molar-refractivity contribution in [1.29, 1.82) is 0 Å². The van der Waals surface area contributed by atoms with E-state index in [0.29, 0.717) is 38.2 Å². The first-order valence-electron chi connectivity index (χ1n) is 7.19. The third-order valence-electron chi connectivity index (χ3n) is 3.79. The lowest BCUT2D eigenvalue weighted by Gasteiger charge is -2.38. The average Bonchev–Trinajstić information content (AvgIpc) is 2.81. The third-order valence-corrected chi connectivity index (χ3v) is 3.79. The third kappa shape index (κ3) is 4.21. The highest BCUT2D eigenvalue weighted by atomic mass is 16.5. The van der Waals surface area contributed by atoms with Crippen molar-refractivity contribution in [1.82, 2.24) is 30.4 Å². The van der Waals surface area contributed by atoms with Crippen LogP contribution in [0.2, 0.25) is 0 Å². The molecule has 0 unspecified atom stereocenters. The summed E-state index contributed by atoms with van der Waals surface area (Å²) < 4.78 is 6.72. The lowest BCUT2D eigenvalue weighted by molar-refractivity contribution is -0.127. The number of hydrogen-bond acceptors (Lipinski definition) is 6. The molecule has 8 nitrogen and oxygen atoms in total. The molecule has 0 aromatic carbocycles. The maximum absolute atomic E-state index is 12.0. The molecule has 0 spiro atoms. The van der Waals surface area contributed by atoms with E-state index in [1.807, 2.05) is 7.05 Å². The van der Waals surface area contributed by atoms with E-state index < -0.39 is 0 Å². The van der Waals surface area contributed by atoms with Crippen LogP contribution < -0.4 is 5.32 Å². The van der Waals surface area contributed by atoms with Gasteiger partial charge in [0, 0.05) is 18.0 Å². The van der Waals surface area contributed by atoms with Crippen molar-refractivity contribution in [2.45, 2.75) is 39.9 Å². The molecule has 1 N–H and O–H groups in total. The molecule has 0 saturated carbocycles. The van der Waals surface area contributed by atoms with Crippen LogP contribution in [-0.4, -0.2) is 63.9 Å². The first kappa shape index (κ1) is 15.8. The Morgan fingerprint density at radius 2 is 2.24 bits per heavy atom. The summed E-state index contributed by atoms with van der Waals surface area (Å²) in [6, 6.07) is 0.391. The second-order valence-electron chi connectivity index (χ2n) is 6.34. The molecule has 2 heterocycles. The molecule has 8 heteroatoms. The molecule has 1 aromatic rings. The van der Waals surface area contributed by atoms with Crippen molar-refractivity contribution >= 4 is 5.91 Å². The number of tetrazole rings is 1. The summed E-state index contributed by atoms with van der Waals surface area (Å²) in [5.41, 5.74) is 0.0664. The SMILES string of the molecule is CC(C)N(C)Cc1nnnn1CC(=O)NCC1(C)COC1. The Morgan fingerprint density at radius 3 is 2.81 bits per heavy atom. The fourth-order valence-corrected chi connectivity index (χ4v) is 1.92. The number of aromatic nitrogens is 4.